The van der Waals surface area contributed by atoms with Gasteiger partial charge in [-0.2, -0.15) is 0 Å². The molecule has 2 atom stereocenters. The monoisotopic (exact) mass is 255 g/mol. The number of rotatable bonds is 3. The standard InChI is InChI=1S/C11H13NO2S2/c1-7-2-4-8(5-3-7)16(13,14)10-6-9(10)11(12)15/h2-5,9-10H,6H2,1H3,(H2,12,15)/t9-,10+/m0/s1. The van der Waals surface area contributed by atoms with Gasteiger partial charge in [0.05, 0.1) is 15.1 Å². The highest BCUT2D eigenvalue weighted by Crippen LogP contribution is 2.40. The molecule has 1 aliphatic rings. The van der Waals surface area contributed by atoms with Crippen molar-refractivity contribution in [3.05, 3.63) is 29.8 Å². The third-order valence-corrected chi connectivity index (χ3v) is 5.40. The van der Waals surface area contributed by atoms with E-state index in [4.69, 9.17) is 18.0 Å². The molecule has 1 saturated carbocycles. The Morgan fingerprint density at radius 2 is 1.94 bits per heavy atom. The third kappa shape index (κ3) is 1.97. The SMILES string of the molecule is Cc1ccc(S(=O)(=O)[C@@H]2C[C@@H]2C(N)=S)cc1. The van der Waals surface area contributed by atoms with Crippen LogP contribution >= 0.6 is 12.2 Å². The summed E-state index contributed by atoms with van der Waals surface area (Å²) < 4.78 is 24.2. The van der Waals surface area contributed by atoms with Crippen molar-refractivity contribution >= 4 is 27.0 Å². The molecule has 0 aromatic heterocycles. The first-order valence-electron chi connectivity index (χ1n) is 5.03. The third-order valence-electron chi connectivity index (χ3n) is 2.85. The van der Waals surface area contributed by atoms with Gasteiger partial charge < -0.3 is 5.73 Å². The summed E-state index contributed by atoms with van der Waals surface area (Å²) in [6.45, 7) is 1.92. The van der Waals surface area contributed by atoms with E-state index in [1.807, 2.05) is 6.92 Å². The lowest BCUT2D eigenvalue weighted by molar-refractivity contribution is 0.594. The summed E-state index contributed by atoms with van der Waals surface area (Å²) in [6, 6.07) is 6.87. The van der Waals surface area contributed by atoms with Crippen LogP contribution in [0.25, 0.3) is 0 Å². The zero-order valence-electron chi connectivity index (χ0n) is 8.88. The highest BCUT2D eigenvalue weighted by atomic mass is 32.2. The van der Waals surface area contributed by atoms with Gasteiger partial charge in [-0.25, -0.2) is 8.42 Å². The molecule has 0 heterocycles. The molecule has 2 rings (SSSR count). The lowest BCUT2D eigenvalue weighted by atomic mass is 10.2. The van der Waals surface area contributed by atoms with Crippen molar-refractivity contribution in [2.24, 2.45) is 11.7 Å². The van der Waals surface area contributed by atoms with E-state index in [0.717, 1.165) is 5.56 Å². The second kappa shape index (κ2) is 3.82. The number of hydrogen-bond donors (Lipinski definition) is 1. The number of thiocarbonyl (C=S) groups is 1. The topological polar surface area (TPSA) is 60.2 Å². The maximum Gasteiger partial charge on any atom is 0.181 e. The van der Waals surface area contributed by atoms with Gasteiger partial charge in [0.1, 0.15) is 0 Å². The van der Waals surface area contributed by atoms with Gasteiger partial charge in [0, 0.05) is 5.92 Å². The van der Waals surface area contributed by atoms with Gasteiger partial charge in [-0.15, -0.1) is 0 Å². The maximum atomic E-state index is 12.1. The number of benzene rings is 1. The zero-order valence-corrected chi connectivity index (χ0v) is 10.5. The smallest absolute Gasteiger partial charge is 0.181 e. The molecule has 1 aromatic rings. The van der Waals surface area contributed by atoms with Crippen LogP contribution in [0.1, 0.15) is 12.0 Å². The quantitative estimate of drug-likeness (QED) is 0.830. The van der Waals surface area contributed by atoms with E-state index in [2.05, 4.69) is 0 Å². The maximum absolute atomic E-state index is 12.1. The summed E-state index contributed by atoms with van der Waals surface area (Å²) in [5.74, 6) is -0.138. The molecule has 0 saturated heterocycles. The van der Waals surface area contributed by atoms with Crippen molar-refractivity contribution in [3.63, 3.8) is 0 Å². The summed E-state index contributed by atoms with van der Waals surface area (Å²) in [6.07, 6.45) is 0.561. The molecule has 16 heavy (non-hydrogen) atoms. The lowest BCUT2D eigenvalue weighted by Crippen LogP contribution is -2.17. The summed E-state index contributed by atoms with van der Waals surface area (Å²) >= 11 is 4.81. The predicted octanol–water partition coefficient (Wildman–Crippen LogP) is 1.44. The van der Waals surface area contributed by atoms with Crippen molar-refractivity contribution < 1.29 is 8.42 Å². The van der Waals surface area contributed by atoms with Gasteiger partial charge >= 0.3 is 0 Å². The number of hydrogen-bond acceptors (Lipinski definition) is 3. The number of aryl methyl sites for hydroxylation is 1. The first-order chi connectivity index (χ1) is 7.43. The van der Waals surface area contributed by atoms with Crippen molar-refractivity contribution in [2.75, 3.05) is 0 Å². The average molecular weight is 255 g/mol. The van der Waals surface area contributed by atoms with Gasteiger partial charge in [0.25, 0.3) is 0 Å². The van der Waals surface area contributed by atoms with E-state index in [0.29, 0.717) is 16.3 Å². The summed E-state index contributed by atoms with van der Waals surface area (Å²) in [5, 5.41) is -0.410. The van der Waals surface area contributed by atoms with Gasteiger partial charge in [0.2, 0.25) is 0 Å². The minimum absolute atomic E-state index is 0.138. The molecule has 3 nitrogen and oxygen atoms in total. The van der Waals surface area contributed by atoms with Gasteiger partial charge in [-0.05, 0) is 25.5 Å². The van der Waals surface area contributed by atoms with Crippen LogP contribution in [0.5, 0.6) is 0 Å². The average Bonchev–Trinajstić information content (AvgIpc) is 2.98. The van der Waals surface area contributed by atoms with Crippen LogP contribution in [0.15, 0.2) is 29.2 Å². The largest absolute Gasteiger partial charge is 0.393 e. The van der Waals surface area contributed by atoms with E-state index >= 15 is 0 Å². The Morgan fingerprint density at radius 3 is 2.38 bits per heavy atom. The van der Waals surface area contributed by atoms with E-state index in [9.17, 15) is 8.42 Å². The van der Waals surface area contributed by atoms with E-state index in [-0.39, 0.29) is 5.92 Å². The Bertz CT molecular complexity index is 519. The second-order valence-electron chi connectivity index (χ2n) is 4.14. The zero-order chi connectivity index (χ0) is 11.9. The fourth-order valence-electron chi connectivity index (χ4n) is 1.72. The molecule has 1 fully saturated rings. The van der Waals surface area contributed by atoms with Gasteiger partial charge in [-0.3, -0.25) is 0 Å². The van der Waals surface area contributed by atoms with Crippen molar-refractivity contribution in [2.45, 2.75) is 23.5 Å². The Hall–Kier alpha value is -0.940. The lowest BCUT2D eigenvalue weighted by Gasteiger charge is -2.03. The molecular formula is C11H13NO2S2. The van der Waals surface area contributed by atoms with Crippen LogP contribution in [0.4, 0.5) is 0 Å². The van der Waals surface area contributed by atoms with E-state index in [1.165, 1.54) is 0 Å². The molecule has 0 unspecified atom stereocenters. The molecule has 1 aromatic carbocycles. The fraction of sp³-hybridized carbons (Fsp3) is 0.364. The molecule has 5 heteroatoms. The molecule has 86 valence electrons. The first-order valence-corrected chi connectivity index (χ1v) is 6.98. The molecule has 1 aliphatic carbocycles. The van der Waals surface area contributed by atoms with Crippen LogP contribution in [0, 0.1) is 12.8 Å². The Morgan fingerprint density at radius 1 is 1.38 bits per heavy atom. The molecular weight excluding hydrogens is 242 g/mol. The Kier molecular flexibility index (Phi) is 2.75. The Labute approximate surface area is 101 Å². The highest BCUT2D eigenvalue weighted by Gasteiger charge is 2.49. The van der Waals surface area contributed by atoms with Crippen LogP contribution in [-0.2, 0) is 9.84 Å². The molecule has 0 radical (unpaired) electrons. The fourth-order valence-corrected chi connectivity index (χ4v) is 3.97. The van der Waals surface area contributed by atoms with Crippen LogP contribution in [-0.4, -0.2) is 18.7 Å². The van der Waals surface area contributed by atoms with Crippen molar-refractivity contribution in [3.8, 4) is 0 Å². The van der Waals surface area contributed by atoms with E-state index in [1.54, 1.807) is 24.3 Å². The predicted molar refractivity (Wildman–Crippen MR) is 67.0 cm³/mol. The minimum atomic E-state index is -3.24. The molecule has 2 N–H and O–H groups in total. The summed E-state index contributed by atoms with van der Waals surface area (Å²) in [5.41, 5.74) is 6.50. The highest BCUT2D eigenvalue weighted by molar-refractivity contribution is 7.92. The van der Waals surface area contributed by atoms with Gasteiger partial charge in [-0.1, -0.05) is 29.9 Å². The van der Waals surface area contributed by atoms with Crippen LogP contribution in [0.2, 0.25) is 0 Å². The number of sulfone groups is 1. The van der Waals surface area contributed by atoms with Gasteiger partial charge in [0.15, 0.2) is 9.84 Å². The molecule has 0 bridgehead atoms. The minimum Gasteiger partial charge on any atom is -0.393 e. The summed E-state index contributed by atoms with van der Waals surface area (Å²) in [7, 11) is -3.24. The normalized spacial score (nSPS) is 24.1. The van der Waals surface area contributed by atoms with Crippen LogP contribution < -0.4 is 5.73 Å². The number of nitrogens with two attached hydrogens (primary N) is 1. The molecule has 0 amide bonds. The van der Waals surface area contributed by atoms with E-state index < -0.39 is 15.1 Å². The van der Waals surface area contributed by atoms with Crippen LogP contribution in [0.3, 0.4) is 0 Å². The summed E-state index contributed by atoms with van der Waals surface area (Å²) in [4.78, 5) is 0.669. The van der Waals surface area contributed by atoms with Crippen molar-refractivity contribution in [1.29, 1.82) is 0 Å². The molecule has 0 spiro atoms. The second-order valence-corrected chi connectivity index (χ2v) is 6.78. The first kappa shape index (κ1) is 11.5. The molecule has 0 aliphatic heterocycles. The Balaban J connectivity index is 2.28. The van der Waals surface area contributed by atoms with Crippen molar-refractivity contribution in [1.82, 2.24) is 0 Å².